The van der Waals surface area contributed by atoms with Gasteiger partial charge in [0.15, 0.2) is 0 Å². The standard InChI is InChI=1S/C16H16N6O8/c1-2-10-9-13(22(27)28)7-8-14(10)18-20-30-16(24)15(23)29-19-17-11-3-5-12(6-4-11)21(25)26/h3-9,17-20H,2H2,1H3. The number of nitrogens with zero attached hydrogens (tertiary/aromatic N) is 2. The SMILES string of the molecule is CCc1cc([N+](=O)[O-])ccc1NNOC(=O)C(=O)ONNc1ccc([N+](=O)[O-])cc1. The van der Waals surface area contributed by atoms with Crippen LogP contribution in [0, 0.1) is 20.2 Å². The number of rotatable bonds is 9. The molecule has 30 heavy (non-hydrogen) atoms. The first kappa shape index (κ1) is 22.0. The van der Waals surface area contributed by atoms with E-state index in [1.165, 1.54) is 42.5 Å². The third-order valence-electron chi connectivity index (χ3n) is 3.59. The number of carbonyl (C=O) groups excluding carboxylic acids is 2. The number of nitro benzene ring substituents is 2. The van der Waals surface area contributed by atoms with Gasteiger partial charge >= 0.3 is 11.9 Å². The van der Waals surface area contributed by atoms with Gasteiger partial charge in [-0.2, -0.15) is 0 Å². The second-order valence-electron chi connectivity index (χ2n) is 5.49. The summed E-state index contributed by atoms with van der Waals surface area (Å²) in [6, 6.07) is 9.15. The molecule has 0 spiro atoms. The van der Waals surface area contributed by atoms with Crippen LogP contribution < -0.4 is 22.0 Å². The van der Waals surface area contributed by atoms with Gasteiger partial charge in [-0.15, -0.1) is 0 Å². The van der Waals surface area contributed by atoms with E-state index in [0.29, 0.717) is 23.4 Å². The van der Waals surface area contributed by atoms with Crippen molar-refractivity contribution < 1.29 is 29.1 Å². The van der Waals surface area contributed by atoms with Crippen LogP contribution in [0.25, 0.3) is 0 Å². The number of hydrazine groups is 2. The number of non-ortho nitro benzene ring substituents is 2. The Bertz CT molecular complexity index is 949. The number of nitrogens with one attached hydrogen (secondary N) is 4. The summed E-state index contributed by atoms with van der Waals surface area (Å²) in [6.07, 6.45) is 0.458. The van der Waals surface area contributed by atoms with E-state index in [1.807, 2.05) is 11.2 Å². The molecule has 0 aliphatic rings. The van der Waals surface area contributed by atoms with E-state index in [4.69, 9.17) is 0 Å². The topological polar surface area (TPSA) is 187 Å². The summed E-state index contributed by atoms with van der Waals surface area (Å²) in [5, 5.41) is 21.3. The van der Waals surface area contributed by atoms with Gasteiger partial charge in [0.2, 0.25) is 0 Å². The number of carbonyl (C=O) groups is 2. The predicted molar refractivity (Wildman–Crippen MR) is 101 cm³/mol. The molecule has 0 aliphatic heterocycles. The first-order chi connectivity index (χ1) is 14.3. The molecule has 0 heterocycles. The number of aryl methyl sites for hydroxylation is 1. The molecule has 0 amide bonds. The minimum absolute atomic E-state index is 0.0930. The van der Waals surface area contributed by atoms with E-state index in [2.05, 4.69) is 20.5 Å². The maximum atomic E-state index is 11.6. The Morgan fingerprint density at radius 1 is 0.867 bits per heavy atom. The molecule has 0 aliphatic carbocycles. The molecule has 14 heteroatoms. The van der Waals surface area contributed by atoms with Crippen molar-refractivity contribution >= 4 is 34.7 Å². The van der Waals surface area contributed by atoms with Gasteiger partial charge in [0, 0.05) is 24.3 Å². The molecular formula is C16H16N6O8. The fourth-order valence-corrected chi connectivity index (χ4v) is 2.12. The van der Waals surface area contributed by atoms with Crippen molar-refractivity contribution in [1.82, 2.24) is 11.2 Å². The Hall–Kier alpha value is -4.30. The van der Waals surface area contributed by atoms with Crippen molar-refractivity contribution in [3.63, 3.8) is 0 Å². The van der Waals surface area contributed by atoms with Crippen LogP contribution in [0.4, 0.5) is 22.7 Å². The zero-order chi connectivity index (χ0) is 22.1. The zero-order valence-corrected chi connectivity index (χ0v) is 15.4. The summed E-state index contributed by atoms with van der Waals surface area (Å²) < 4.78 is 0. The van der Waals surface area contributed by atoms with Crippen molar-refractivity contribution in [2.75, 3.05) is 10.9 Å². The van der Waals surface area contributed by atoms with E-state index in [0.717, 1.165) is 0 Å². The third kappa shape index (κ3) is 6.11. The van der Waals surface area contributed by atoms with Crippen LogP contribution >= 0.6 is 0 Å². The summed E-state index contributed by atoms with van der Waals surface area (Å²) >= 11 is 0. The number of anilines is 2. The highest BCUT2D eigenvalue weighted by molar-refractivity contribution is 6.29. The predicted octanol–water partition coefficient (Wildman–Crippen LogP) is 1.52. The molecule has 0 unspecified atom stereocenters. The Morgan fingerprint density at radius 2 is 1.40 bits per heavy atom. The molecule has 158 valence electrons. The molecule has 0 atom stereocenters. The molecule has 0 aromatic heterocycles. The average Bonchev–Trinajstić information content (AvgIpc) is 2.73. The normalized spacial score (nSPS) is 10.0. The highest BCUT2D eigenvalue weighted by atomic mass is 16.8. The lowest BCUT2D eigenvalue weighted by atomic mass is 10.1. The van der Waals surface area contributed by atoms with Gasteiger partial charge in [-0.3, -0.25) is 31.1 Å². The molecule has 4 N–H and O–H groups in total. The van der Waals surface area contributed by atoms with Crippen molar-refractivity contribution in [2.45, 2.75) is 13.3 Å². The fourth-order valence-electron chi connectivity index (χ4n) is 2.12. The van der Waals surface area contributed by atoms with E-state index in [-0.39, 0.29) is 11.4 Å². The van der Waals surface area contributed by atoms with Crippen LogP contribution in [0.1, 0.15) is 12.5 Å². The van der Waals surface area contributed by atoms with Crippen LogP contribution in [0.15, 0.2) is 42.5 Å². The van der Waals surface area contributed by atoms with E-state index in [1.54, 1.807) is 6.92 Å². The molecule has 0 saturated heterocycles. The smallest absolute Gasteiger partial charge is 0.341 e. The summed E-state index contributed by atoms with van der Waals surface area (Å²) in [4.78, 5) is 52.2. The van der Waals surface area contributed by atoms with Crippen LogP contribution in [-0.2, 0) is 25.7 Å². The van der Waals surface area contributed by atoms with Crippen molar-refractivity contribution in [3.05, 3.63) is 68.3 Å². The number of benzene rings is 2. The fraction of sp³-hybridized carbons (Fsp3) is 0.125. The van der Waals surface area contributed by atoms with E-state index >= 15 is 0 Å². The zero-order valence-electron chi connectivity index (χ0n) is 15.4. The maximum absolute atomic E-state index is 11.6. The summed E-state index contributed by atoms with van der Waals surface area (Å²) in [5.74, 6) is -2.81. The molecule has 2 aromatic carbocycles. The molecule has 2 aromatic rings. The van der Waals surface area contributed by atoms with E-state index < -0.39 is 21.8 Å². The highest BCUT2D eigenvalue weighted by Gasteiger charge is 2.19. The monoisotopic (exact) mass is 420 g/mol. The van der Waals surface area contributed by atoms with Crippen LogP contribution in [0.5, 0.6) is 0 Å². The number of nitro groups is 2. The van der Waals surface area contributed by atoms with E-state index in [9.17, 15) is 29.8 Å². The molecular weight excluding hydrogens is 404 g/mol. The second kappa shape index (κ2) is 10.3. The molecule has 0 saturated carbocycles. The Morgan fingerprint density at radius 3 is 1.93 bits per heavy atom. The van der Waals surface area contributed by atoms with Crippen LogP contribution in [0.2, 0.25) is 0 Å². The highest BCUT2D eigenvalue weighted by Crippen LogP contribution is 2.22. The van der Waals surface area contributed by atoms with Gasteiger partial charge < -0.3 is 9.68 Å². The number of hydrogen-bond acceptors (Lipinski definition) is 12. The minimum Gasteiger partial charge on any atom is -0.341 e. The van der Waals surface area contributed by atoms with Crippen LogP contribution in [-0.4, -0.2) is 21.8 Å². The largest absolute Gasteiger partial charge is 0.439 e. The average molecular weight is 420 g/mol. The van der Waals surface area contributed by atoms with Gasteiger partial charge in [-0.1, -0.05) is 18.1 Å². The van der Waals surface area contributed by atoms with Crippen LogP contribution in [0.3, 0.4) is 0 Å². The second-order valence-corrected chi connectivity index (χ2v) is 5.49. The Balaban J connectivity index is 1.76. The molecule has 0 radical (unpaired) electrons. The third-order valence-corrected chi connectivity index (χ3v) is 3.59. The van der Waals surface area contributed by atoms with Gasteiger partial charge in [0.1, 0.15) is 0 Å². The maximum Gasteiger partial charge on any atom is 0.439 e. The van der Waals surface area contributed by atoms with Crippen molar-refractivity contribution in [3.8, 4) is 0 Å². The quantitative estimate of drug-likeness (QED) is 0.260. The lowest BCUT2D eigenvalue weighted by Gasteiger charge is -2.11. The summed E-state index contributed by atoms with van der Waals surface area (Å²) in [6.45, 7) is 1.78. The van der Waals surface area contributed by atoms with Gasteiger partial charge in [-0.25, -0.2) is 9.59 Å². The van der Waals surface area contributed by atoms with Crippen molar-refractivity contribution in [2.24, 2.45) is 0 Å². The van der Waals surface area contributed by atoms with Crippen molar-refractivity contribution in [1.29, 1.82) is 0 Å². The Kier molecular flexibility index (Phi) is 7.55. The minimum atomic E-state index is -1.40. The lowest BCUT2D eigenvalue weighted by molar-refractivity contribution is -0.385. The van der Waals surface area contributed by atoms with Gasteiger partial charge in [0.05, 0.1) is 21.2 Å². The summed E-state index contributed by atoms with van der Waals surface area (Å²) in [5.41, 5.74) is 10.0. The first-order valence-corrected chi connectivity index (χ1v) is 8.27. The lowest BCUT2D eigenvalue weighted by Crippen LogP contribution is -2.35. The first-order valence-electron chi connectivity index (χ1n) is 8.27. The summed E-state index contributed by atoms with van der Waals surface area (Å²) in [7, 11) is 0. The number of hydrogen-bond donors (Lipinski definition) is 4. The Labute approximate surface area is 168 Å². The molecule has 0 fully saturated rings. The van der Waals surface area contributed by atoms with Gasteiger partial charge in [0.25, 0.3) is 11.4 Å². The van der Waals surface area contributed by atoms with Gasteiger partial charge in [-0.05, 0) is 30.2 Å². The molecule has 14 nitrogen and oxygen atoms in total. The molecule has 0 bridgehead atoms. The molecule has 2 rings (SSSR count).